The molecular weight excluding hydrogens is 413 g/mol. The van der Waals surface area contributed by atoms with Crippen LogP contribution in [0.15, 0.2) is 30.3 Å². The third-order valence-corrected chi connectivity index (χ3v) is 5.60. The van der Waals surface area contributed by atoms with Crippen molar-refractivity contribution >= 4 is 45.5 Å². The third kappa shape index (κ3) is 4.44. The van der Waals surface area contributed by atoms with Gasteiger partial charge in [-0.3, -0.25) is 0 Å². The first-order chi connectivity index (χ1) is 10.0. The van der Waals surface area contributed by atoms with E-state index in [4.69, 9.17) is 11.6 Å². The van der Waals surface area contributed by atoms with Crippen LogP contribution < -0.4 is 5.32 Å². The summed E-state index contributed by atoms with van der Waals surface area (Å²) < 4.78 is 1.17. The van der Waals surface area contributed by atoms with Gasteiger partial charge in [0.1, 0.15) is 0 Å². The average Bonchev–Trinajstić information content (AvgIpc) is 2.88. The van der Waals surface area contributed by atoms with E-state index in [1.807, 2.05) is 17.4 Å². The molecule has 1 aromatic heterocycles. The lowest BCUT2D eigenvalue weighted by Gasteiger charge is -2.21. The molecule has 2 aromatic rings. The quantitative estimate of drug-likeness (QED) is 0.522. The molecule has 0 saturated carbocycles. The van der Waals surface area contributed by atoms with Crippen molar-refractivity contribution < 1.29 is 0 Å². The van der Waals surface area contributed by atoms with Gasteiger partial charge in [0.05, 0.1) is 5.02 Å². The van der Waals surface area contributed by atoms with E-state index in [0.29, 0.717) is 12.0 Å². The molecule has 0 fully saturated rings. The van der Waals surface area contributed by atoms with Crippen LogP contribution in [0.3, 0.4) is 0 Å². The monoisotopic (exact) mass is 433 g/mol. The lowest BCUT2D eigenvalue weighted by atomic mass is 10.0. The van der Waals surface area contributed by atoms with Crippen LogP contribution in [0.25, 0.3) is 10.4 Å². The smallest absolute Gasteiger partial charge is 0.0503 e. The second-order valence-corrected chi connectivity index (χ2v) is 8.27. The molecule has 114 valence electrons. The predicted octanol–water partition coefficient (Wildman–Crippen LogP) is 6.37. The fourth-order valence-electron chi connectivity index (χ4n) is 2.32. The van der Waals surface area contributed by atoms with Crippen molar-refractivity contribution in [2.24, 2.45) is 5.92 Å². The van der Waals surface area contributed by atoms with Gasteiger partial charge in [-0.1, -0.05) is 38.4 Å². The zero-order valence-electron chi connectivity index (χ0n) is 12.6. The Morgan fingerprint density at radius 2 is 2.00 bits per heavy atom. The first-order valence-electron chi connectivity index (χ1n) is 7.31. The molecular formula is C17H21ClINS. The Labute approximate surface area is 150 Å². The maximum absolute atomic E-state index is 6.39. The van der Waals surface area contributed by atoms with Crippen molar-refractivity contribution in [1.82, 2.24) is 5.32 Å². The van der Waals surface area contributed by atoms with Gasteiger partial charge in [0.15, 0.2) is 0 Å². The molecule has 0 aliphatic rings. The molecule has 1 atom stereocenters. The average molecular weight is 434 g/mol. The third-order valence-electron chi connectivity index (χ3n) is 3.41. The van der Waals surface area contributed by atoms with Crippen LogP contribution in [-0.2, 0) is 0 Å². The molecule has 0 bridgehead atoms. The Morgan fingerprint density at radius 1 is 1.24 bits per heavy atom. The summed E-state index contributed by atoms with van der Waals surface area (Å²) in [5.74, 6) is 0.579. The van der Waals surface area contributed by atoms with E-state index in [1.54, 1.807) is 0 Å². The molecule has 0 aliphatic heterocycles. The van der Waals surface area contributed by atoms with Gasteiger partial charge in [-0.2, -0.15) is 0 Å². The van der Waals surface area contributed by atoms with Crippen LogP contribution in [0.1, 0.15) is 38.1 Å². The lowest BCUT2D eigenvalue weighted by Crippen LogP contribution is -2.25. The topological polar surface area (TPSA) is 12.0 Å². The SMILES string of the molecule is CCCNC(c1ccc(-c2ccc(I)cc2Cl)s1)C(C)C. The highest BCUT2D eigenvalue weighted by molar-refractivity contribution is 14.1. The number of benzene rings is 1. The van der Waals surface area contributed by atoms with Crippen molar-refractivity contribution in [2.75, 3.05) is 6.54 Å². The van der Waals surface area contributed by atoms with Crippen molar-refractivity contribution in [1.29, 1.82) is 0 Å². The van der Waals surface area contributed by atoms with Gasteiger partial charge in [0.2, 0.25) is 0 Å². The Bertz CT molecular complexity index is 594. The molecule has 0 saturated heterocycles. The summed E-state index contributed by atoms with van der Waals surface area (Å²) in [7, 11) is 0. The lowest BCUT2D eigenvalue weighted by molar-refractivity contribution is 0.418. The van der Waals surface area contributed by atoms with E-state index >= 15 is 0 Å². The molecule has 1 unspecified atom stereocenters. The summed E-state index contributed by atoms with van der Waals surface area (Å²) in [4.78, 5) is 2.64. The van der Waals surface area contributed by atoms with Gasteiger partial charge in [0.25, 0.3) is 0 Å². The van der Waals surface area contributed by atoms with Crippen LogP contribution in [-0.4, -0.2) is 6.54 Å². The Kier molecular flexibility index (Phi) is 6.53. The minimum absolute atomic E-state index is 0.423. The van der Waals surface area contributed by atoms with E-state index in [0.717, 1.165) is 23.6 Å². The summed E-state index contributed by atoms with van der Waals surface area (Å²) in [5.41, 5.74) is 1.13. The van der Waals surface area contributed by atoms with Crippen molar-refractivity contribution in [3.63, 3.8) is 0 Å². The van der Waals surface area contributed by atoms with Crippen LogP contribution in [0.2, 0.25) is 5.02 Å². The summed E-state index contributed by atoms with van der Waals surface area (Å²) >= 11 is 10.5. The van der Waals surface area contributed by atoms with Crippen LogP contribution in [0.4, 0.5) is 0 Å². The molecule has 4 heteroatoms. The van der Waals surface area contributed by atoms with Gasteiger partial charge in [-0.25, -0.2) is 0 Å². The van der Waals surface area contributed by atoms with E-state index in [2.05, 4.69) is 72.9 Å². The number of halogens is 2. The summed E-state index contributed by atoms with van der Waals surface area (Å²) in [6.45, 7) is 7.80. The molecule has 1 N–H and O–H groups in total. The molecule has 21 heavy (non-hydrogen) atoms. The summed E-state index contributed by atoms with van der Waals surface area (Å²) in [6, 6.07) is 11.1. The van der Waals surface area contributed by atoms with Gasteiger partial charge in [-0.15, -0.1) is 11.3 Å². The highest BCUT2D eigenvalue weighted by Gasteiger charge is 2.18. The molecule has 0 radical (unpaired) electrons. The van der Waals surface area contributed by atoms with Crippen molar-refractivity contribution in [3.8, 4) is 10.4 Å². The first-order valence-corrected chi connectivity index (χ1v) is 9.58. The fourth-order valence-corrected chi connectivity index (χ4v) is 4.63. The van der Waals surface area contributed by atoms with Crippen molar-refractivity contribution in [3.05, 3.63) is 43.8 Å². The summed E-state index contributed by atoms with van der Waals surface area (Å²) in [5, 5.41) is 4.48. The second kappa shape index (κ2) is 7.95. The van der Waals surface area contributed by atoms with E-state index < -0.39 is 0 Å². The molecule has 0 aliphatic carbocycles. The maximum Gasteiger partial charge on any atom is 0.0503 e. The Morgan fingerprint density at radius 3 is 2.62 bits per heavy atom. The molecule has 1 heterocycles. The number of hydrogen-bond acceptors (Lipinski definition) is 2. The van der Waals surface area contributed by atoms with Gasteiger partial charge >= 0.3 is 0 Å². The second-order valence-electron chi connectivity index (χ2n) is 5.50. The van der Waals surface area contributed by atoms with Crippen molar-refractivity contribution in [2.45, 2.75) is 33.2 Å². The van der Waals surface area contributed by atoms with Gasteiger partial charge in [0, 0.05) is 24.9 Å². The van der Waals surface area contributed by atoms with Gasteiger partial charge < -0.3 is 5.32 Å². The largest absolute Gasteiger partial charge is 0.309 e. The minimum atomic E-state index is 0.423. The Balaban J connectivity index is 2.27. The number of nitrogens with one attached hydrogen (secondary N) is 1. The molecule has 1 nitrogen and oxygen atoms in total. The number of thiophene rings is 1. The predicted molar refractivity (Wildman–Crippen MR) is 103 cm³/mol. The molecule has 1 aromatic carbocycles. The van der Waals surface area contributed by atoms with Gasteiger partial charge in [-0.05, 0) is 65.7 Å². The zero-order valence-corrected chi connectivity index (χ0v) is 16.3. The summed E-state index contributed by atoms with van der Waals surface area (Å²) in [6.07, 6.45) is 1.16. The number of hydrogen-bond donors (Lipinski definition) is 1. The van der Waals surface area contributed by atoms with E-state index in [9.17, 15) is 0 Å². The van der Waals surface area contributed by atoms with E-state index in [1.165, 1.54) is 13.3 Å². The molecule has 2 rings (SSSR count). The van der Waals surface area contributed by atoms with Crippen LogP contribution in [0, 0.1) is 9.49 Å². The van der Waals surface area contributed by atoms with Crippen LogP contribution >= 0.6 is 45.5 Å². The minimum Gasteiger partial charge on any atom is -0.309 e. The van der Waals surface area contributed by atoms with E-state index in [-0.39, 0.29) is 0 Å². The first kappa shape index (κ1) is 17.3. The normalized spacial score (nSPS) is 12.9. The maximum atomic E-state index is 6.39. The van der Waals surface area contributed by atoms with Crippen LogP contribution in [0.5, 0.6) is 0 Å². The fraction of sp³-hybridized carbons (Fsp3) is 0.412. The number of rotatable bonds is 6. The molecule has 0 spiro atoms. The zero-order chi connectivity index (χ0) is 15.4. The molecule has 0 amide bonds. The highest BCUT2D eigenvalue weighted by atomic mass is 127. The Hall–Kier alpha value is -0.100. The standard InChI is InChI=1S/C17H21ClINS/c1-4-9-20-17(11(2)3)16-8-7-15(21-16)13-6-5-12(19)10-14(13)18/h5-8,10-11,17,20H,4,9H2,1-3H3. The highest BCUT2D eigenvalue weighted by Crippen LogP contribution is 2.37.